The number of halogens is 1. The van der Waals surface area contributed by atoms with E-state index in [0.29, 0.717) is 13.1 Å². The first-order valence-corrected chi connectivity index (χ1v) is 6.38. The summed E-state index contributed by atoms with van der Waals surface area (Å²) in [5.41, 5.74) is 0. The van der Waals surface area contributed by atoms with Crippen LogP contribution in [0.2, 0.25) is 0 Å². The summed E-state index contributed by atoms with van der Waals surface area (Å²) < 4.78 is 0. The quantitative estimate of drug-likeness (QED) is 0.711. The van der Waals surface area contributed by atoms with Crippen molar-refractivity contribution in [2.75, 3.05) is 25.0 Å². The van der Waals surface area contributed by atoms with Gasteiger partial charge in [0, 0.05) is 13.1 Å². The van der Waals surface area contributed by atoms with Crippen LogP contribution in [0.1, 0.15) is 26.7 Å². The average Bonchev–Trinajstić information content (AvgIpc) is 2.24. The Kier molecular flexibility index (Phi) is 8.37. The third-order valence-corrected chi connectivity index (χ3v) is 2.35. The van der Waals surface area contributed by atoms with Crippen molar-refractivity contribution in [3.63, 3.8) is 0 Å². The maximum absolute atomic E-state index is 11.4. The zero-order valence-corrected chi connectivity index (χ0v) is 11.0. The highest BCUT2D eigenvalue weighted by atomic mass is 79.9. The smallest absolute Gasteiger partial charge is 0.239 e. The van der Waals surface area contributed by atoms with Gasteiger partial charge < -0.3 is 10.2 Å². The zero-order chi connectivity index (χ0) is 11.7. The zero-order valence-electron chi connectivity index (χ0n) is 9.38. The van der Waals surface area contributed by atoms with E-state index in [1.54, 1.807) is 4.90 Å². The maximum atomic E-state index is 11.4. The van der Waals surface area contributed by atoms with Gasteiger partial charge in [-0.3, -0.25) is 9.59 Å². The number of carbonyl (C=O) groups excluding carboxylic acids is 2. The summed E-state index contributed by atoms with van der Waals surface area (Å²) in [5, 5.41) is 3.02. The Hall–Kier alpha value is -0.580. The number of nitrogens with one attached hydrogen (secondary N) is 1. The molecular formula is C10H19BrN2O2. The fourth-order valence-corrected chi connectivity index (χ4v) is 1.49. The second kappa shape index (κ2) is 8.71. The monoisotopic (exact) mass is 278 g/mol. The van der Waals surface area contributed by atoms with Gasteiger partial charge in [0.25, 0.3) is 0 Å². The maximum Gasteiger partial charge on any atom is 0.239 e. The Balaban J connectivity index is 4.03. The van der Waals surface area contributed by atoms with Crippen molar-refractivity contribution in [1.82, 2.24) is 10.2 Å². The second-order valence-corrected chi connectivity index (χ2v) is 3.86. The number of alkyl halides is 1. The summed E-state index contributed by atoms with van der Waals surface area (Å²) in [7, 11) is 0. The predicted molar refractivity (Wildman–Crippen MR) is 64.0 cm³/mol. The molecule has 88 valence electrons. The summed E-state index contributed by atoms with van der Waals surface area (Å²) in [6.07, 6.45) is 1.77. The van der Waals surface area contributed by atoms with E-state index in [4.69, 9.17) is 0 Å². The van der Waals surface area contributed by atoms with E-state index >= 15 is 0 Å². The van der Waals surface area contributed by atoms with Gasteiger partial charge in [0.15, 0.2) is 0 Å². The summed E-state index contributed by atoms with van der Waals surface area (Å²) in [5.74, 6) is -0.122. The van der Waals surface area contributed by atoms with Gasteiger partial charge >= 0.3 is 0 Å². The SMILES string of the molecule is CCCNC(=O)CN(CCC)C(=O)CBr. The molecule has 0 atom stereocenters. The molecule has 2 amide bonds. The van der Waals surface area contributed by atoms with Crippen LogP contribution in [0.4, 0.5) is 0 Å². The molecule has 0 saturated heterocycles. The standard InChI is InChI=1S/C10H19BrN2O2/c1-3-5-12-9(14)8-13(6-4-2)10(15)7-11/h3-8H2,1-2H3,(H,12,14). The molecule has 0 aromatic heterocycles. The Bertz CT molecular complexity index is 210. The molecule has 0 bridgehead atoms. The minimum absolute atomic E-state index is 0.0384. The lowest BCUT2D eigenvalue weighted by molar-refractivity contribution is -0.133. The normalized spacial score (nSPS) is 9.80. The largest absolute Gasteiger partial charge is 0.355 e. The van der Waals surface area contributed by atoms with Crippen molar-refractivity contribution in [2.24, 2.45) is 0 Å². The minimum atomic E-state index is -0.0837. The van der Waals surface area contributed by atoms with Gasteiger partial charge in [-0.25, -0.2) is 0 Å². The third-order valence-electron chi connectivity index (χ3n) is 1.87. The van der Waals surface area contributed by atoms with Gasteiger partial charge in [-0.1, -0.05) is 29.8 Å². The van der Waals surface area contributed by atoms with Crippen LogP contribution in [0.3, 0.4) is 0 Å². The van der Waals surface area contributed by atoms with Gasteiger partial charge in [0.2, 0.25) is 11.8 Å². The fraction of sp³-hybridized carbons (Fsp3) is 0.800. The second-order valence-electron chi connectivity index (χ2n) is 3.30. The van der Waals surface area contributed by atoms with Crippen LogP contribution in [0.15, 0.2) is 0 Å². The first kappa shape index (κ1) is 14.4. The van der Waals surface area contributed by atoms with Crippen molar-refractivity contribution in [1.29, 1.82) is 0 Å². The van der Waals surface area contributed by atoms with Crippen LogP contribution in [-0.4, -0.2) is 41.7 Å². The van der Waals surface area contributed by atoms with E-state index < -0.39 is 0 Å². The van der Waals surface area contributed by atoms with Gasteiger partial charge in [-0.2, -0.15) is 0 Å². The molecule has 0 radical (unpaired) electrons. The van der Waals surface area contributed by atoms with Crippen molar-refractivity contribution in [3.05, 3.63) is 0 Å². The molecule has 0 fully saturated rings. The highest BCUT2D eigenvalue weighted by Gasteiger charge is 2.14. The molecule has 0 aromatic carbocycles. The van der Waals surface area contributed by atoms with Crippen LogP contribution in [0.5, 0.6) is 0 Å². The number of carbonyl (C=O) groups is 2. The van der Waals surface area contributed by atoms with Crippen molar-refractivity contribution in [3.8, 4) is 0 Å². The van der Waals surface area contributed by atoms with Crippen molar-refractivity contribution < 1.29 is 9.59 Å². The molecule has 0 aliphatic carbocycles. The number of nitrogens with zero attached hydrogens (tertiary/aromatic N) is 1. The molecule has 0 aromatic rings. The van der Waals surface area contributed by atoms with Crippen molar-refractivity contribution >= 4 is 27.7 Å². The summed E-state index contributed by atoms with van der Waals surface area (Å²) in [6.45, 7) is 5.44. The van der Waals surface area contributed by atoms with E-state index in [1.165, 1.54) is 0 Å². The van der Waals surface area contributed by atoms with Crippen LogP contribution >= 0.6 is 15.9 Å². The Labute approximate surface area is 99.5 Å². The molecule has 0 spiro atoms. The molecule has 0 aliphatic rings. The highest BCUT2D eigenvalue weighted by molar-refractivity contribution is 9.09. The first-order valence-electron chi connectivity index (χ1n) is 5.26. The number of hydrogen-bond donors (Lipinski definition) is 1. The van der Waals surface area contributed by atoms with E-state index in [0.717, 1.165) is 12.8 Å². The molecule has 1 N–H and O–H groups in total. The van der Waals surface area contributed by atoms with Crippen LogP contribution < -0.4 is 5.32 Å². The Morgan fingerprint density at radius 3 is 2.40 bits per heavy atom. The fourth-order valence-electron chi connectivity index (χ4n) is 1.14. The lowest BCUT2D eigenvalue weighted by Crippen LogP contribution is -2.41. The molecule has 15 heavy (non-hydrogen) atoms. The number of rotatable bonds is 7. The van der Waals surface area contributed by atoms with Gasteiger partial charge in [0.1, 0.15) is 0 Å². The van der Waals surface area contributed by atoms with E-state index in [9.17, 15) is 9.59 Å². The topological polar surface area (TPSA) is 49.4 Å². The van der Waals surface area contributed by atoms with Crippen LogP contribution in [-0.2, 0) is 9.59 Å². The van der Waals surface area contributed by atoms with Crippen LogP contribution in [0, 0.1) is 0 Å². The lowest BCUT2D eigenvalue weighted by atomic mass is 10.3. The molecule has 5 heteroatoms. The molecular weight excluding hydrogens is 260 g/mol. The van der Waals surface area contributed by atoms with E-state index in [-0.39, 0.29) is 23.7 Å². The average molecular weight is 279 g/mol. The lowest BCUT2D eigenvalue weighted by Gasteiger charge is -2.20. The molecule has 0 heterocycles. The number of amides is 2. The summed E-state index contributed by atoms with van der Waals surface area (Å²) >= 11 is 3.11. The Morgan fingerprint density at radius 1 is 1.27 bits per heavy atom. The van der Waals surface area contributed by atoms with Crippen molar-refractivity contribution in [2.45, 2.75) is 26.7 Å². The van der Waals surface area contributed by atoms with Gasteiger partial charge in [-0.15, -0.1) is 0 Å². The molecule has 0 aliphatic heterocycles. The van der Waals surface area contributed by atoms with Crippen LogP contribution in [0.25, 0.3) is 0 Å². The van der Waals surface area contributed by atoms with E-state index in [2.05, 4.69) is 21.2 Å². The molecule has 4 nitrogen and oxygen atoms in total. The Morgan fingerprint density at radius 2 is 1.93 bits per heavy atom. The summed E-state index contributed by atoms with van der Waals surface area (Å²) in [4.78, 5) is 24.4. The third kappa shape index (κ3) is 6.49. The van der Waals surface area contributed by atoms with E-state index in [1.807, 2.05) is 13.8 Å². The molecule has 0 unspecified atom stereocenters. The van der Waals surface area contributed by atoms with Gasteiger partial charge in [0.05, 0.1) is 11.9 Å². The minimum Gasteiger partial charge on any atom is -0.355 e. The first-order chi connectivity index (χ1) is 7.15. The van der Waals surface area contributed by atoms with Gasteiger partial charge in [-0.05, 0) is 12.8 Å². The molecule has 0 rings (SSSR count). The highest BCUT2D eigenvalue weighted by Crippen LogP contribution is 1.96. The predicted octanol–water partition coefficient (Wildman–Crippen LogP) is 1.15. The molecule has 0 saturated carbocycles. The summed E-state index contributed by atoms with van der Waals surface area (Å²) in [6, 6.07) is 0. The number of hydrogen-bond acceptors (Lipinski definition) is 2.